The first kappa shape index (κ1) is 35.2. The van der Waals surface area contributed by atoms with Crippen molar-refractivity contribution in [1.29, 1.82) is 0 Å². The van der Waals surface area contributed by atoms with Crippen molar-refractivity contribution in [3.05, 3.63) is 47.5 Å². The van der Waals surface area contributed by atoms with Gasteiger partial charge in [-0.15, -0.1) is 0 Å². The number of carbonyl (C=O) groups is 4. The van der Waals surface area contributed by atoms with E-state index in [1.807, 2.05) is 0 Å². The first-order chi connectivity index (χ1) is 21.5. The standard InChI is InChI=1S/C31H46N8O6/c32-10-1-3-22(34)17-37-28(42)9-12-36-30(44)25-16-21-14-19(6-8-27(21)41)18-5-7-26(40)20(13-18)15-23(35)29(43)38-24(4-2-11-33)31(45)39-25/h5-8,13-14,22-25,40-41H,1-4,9-12,15-17,32-35H2,(H,36,44)(H,37,42)(H,38,43)(H,39,45)/t22-,23-,24-,25-/m0/s1. The van der Waals surface area contributed by atoms with Crippen LogP contribution >= 0.6 is 0 Å². The van der Waals surface area contributed by atoms with Gasteiger partial charge in [-0.1, -0.05) is 12.1 Å². The molecule has 0 radical (unpaired) electrons. The fourth-order valence-corrected chi connectivity index (χ4v) is 5.00. The number of phenolic OH excluding ortho intramolecular Hbond substituents is 2. The van der Waals surface area contributed by atoms with Crippen LogP contribution in [0.2, 0.25) is 0 Å². The number of hydrogen-bond donors (Lipinski definition) is 10. The highest BCUT2D eigenvalue weighted by Gasteiger charge is 2.29. The maximum absolute atomic E-state index is 13.5. The number of aromatic hydroxyl groups is 2. The minimum absolute atomic E-state index is 0.0000793. The number of benzene rings is 2. The number of nitrogens with one attached hydrogen (secondary N) is 4. The fraction of sp³-hybridized carbons (Fsp3) is 0.484. The quantitative estimate of drug-likeness (QED) is 0.132. The monoisotopic (exact) mass is 626 g/mol. The van der Waals surface area contributed by atoms with Gasteiger partial charge in [-0.05, 0) is 85.3 Å². The van der Waals surface area contributed by atoms with Crippen LogP contribution in [-0.4, -0.2) is 84.2 Å². The SMILES string of the molecule is NCCC[C@H](N)CNC(=O)CCNC(=O)[C@@H]1Cc2cc(ccc2O)-c2ccc(O)c(c2)C[C@H](N)C(=O)N[C@@H](CCCN)C(=O)N1. The third-order valence-electron chi connectivity index (χ3n) is 7.65. The van der Waals surface area contributed by atoms with Crippen LogP contribution in [0.1, 0.15) is 43.2 Å². The first-order valence-electron chi connectivity index (χ1n) is 15.2. The number of hydrogen-bond acceptors (Lipinski definition) is 10. The van der Waals surface area contributed by atoms with Crippen LogP contribution in [0.5, 0.6) is 11.5 Å². The summed E-state index contributed by atoms with van der Waals surface area (Å²) in [6.45, 7) is 1.04. The van der Waals surface area contributed by atoms with E-state index in [4.69, 9.17) is 22.9 Å². The van der Waals surface area contributed by atoms with Crippen molar-refractivity contribution >= 4 is 23.6 Å². The molecule has 1 aliphatic heterocycles. The van der Waals surface area contributed by atoms with Crippen molar-refractivity contribution in [1.82, 2.24) is 21.3 Å². The van der Waals surface area contributed by atoms with Crippen LogP contribution in [-0.2, 0) is 32.0 Å². The molecule has 14 N–H and O–H groups in total. The highest BCUT2D eigenvalue weighted by Crippen LogP contribution is 2.30. The van der Waals surface area contributed by atoms with E-state index in [9.17, 15) is 29.4 Å². The molecular weight excluding hydrogens is 580 g/mol. The van der Waals surface area contributed by atoms with Gasteiger partial charge in [0.05, 0.1) is 6.04 Å². The van der Waals surface area contributed by atoms with Gasteiger partial charge in [0, 0.05) is 38.4 Å². The van der Waals surface area contributed by atoms with Gasteiger partial charge in [0.2, 0.25) is 23.6 Å². The summed E-state index contributed by atoms with van der Waals surface area (Å²) in [6, 6.07) is 6.20. The summed E-state index contributed by atoms with van der Waals surface area (Å²) in [5.74, 6) is -2.26. The summed E-state index contributed by atoms with van der Waals surface area (Å²) >= 11 is 0. The Kier molecular flexibility index (Phi) is 13.5. The van der Waals surface area contributed by atoms with E-state index in [0.717, 1.165) is 6.42 Å². The molecule has 1 heterocycles. The lowest BCUT2D eigenvalue weighted by Gasteiger charge is -2.24. The maximum atomic E-state index is 13.5. The second kappa shape index (κ2) is 17.3. The number of amides is 4. The van der Waals surface area contributed by atoms with E-state index >= 15 is 0 Å². The Bertz CT molecular complexity index is 1340. The molecule has 4 bridgehead atoms. The molecule has 2 aromatic rings. The minimum atomic E-state index is -1.17. The fourth-order valence-electron chi connectivity index (χ4n) is 5.00. The van der Waals surface area contributed by atoms with Crippen LogP contribution in [0, 0.1) is 0 Å². The van der Waals surface area contributed by atoms with Gasteiger partial charge in [0.25, 0.3) is 0 Å². The zero-order valence-electron chi connectivity index (χ0n) is 25.4. The van der Waals surface area contributed by atoms with Crippen molar-refractivity contribution in [2.45, 2.75) is 69.1 Å². The Balaban J connectivity index is 1.86. The molecule has 0 aromatic heterocycles. The molecule has 0 aliphatic carbocycles. The lowest BCUT2D eigenvalue weighted by Crippen LogP contribution is -2.56. The molecule has 14 nitrogen and oxygen atoms in total. The number of carbonyl (C=O) groups excluding carboxylic acids is 4. The van der Waals surface area contributed by atoms with Crippen LogP contribution < -0.4 is 44.2 Å². The van der Waals surface area contributed by atoms with Crippen LogP contribution in [0.3, 0.4) is 0 Å². The molecule has 0 unspecified atom stereocenters. The van der Waals surface area contributed by atoms with E-state index in [-0.39, 0.29) is 68.8 Å². The Morgan fingerprint density at radius 2 is 1.51 bits per heavy atom. The van der Waals surface area contributed by atoms with Crippen LogP contribution in [0.4, 0.5) is 0 Å². The smallest absolute Gasteiger partial charge is 0.243 e. The molecule has 0 saturated heterocycles. The number of fused-ring (bicyclic) bond motifs is 5. The predicted molar refractivity (Wildman–Crippen MR) is 170 cm³/mol. The normalized spacial score (nSPS) is 19.3. The molecular formula is C31H46N8O6. The highest BCUT2D eigenvalue weighted by molar-refractivity contribution is 5.93. The van der Waals surface area contributed by atoms with Crippen LogP contribution in [0.25, 0.3) is 11.1 Å². The molecule has 4 amide bonds. The van der Waals surface area contributed by atoms with E-state index < -0.39 is 35.8 Å². The van der Waals surface area contributed by atoms with E-state index in [2.05, 4.69) is 21.3 Å². The molecule has 2 aromatic carbocycles. The summed E-state index contributed by atoms with van der Waals surface area (Å²) < 4.78 is 0. The van der Waals surface area contributed by atoms with Gasteiger partial charge in [-0.3, -0.25) is 19.2 Å². The second-order valence-electron chi connectivity index (χ2n) is 11.3. The molecule has 0 spiro atoms. The molecule has 14 heteroatoms. The molecule has 0 fully saturated rings. The molecule has 0 saturated carbocycles. The lowest BCUT2D eigenvalue weighted by atomic mass is 9.95. The molecule has 45 heavy (non-hydrogen) atoms. The highest BCUT2D eigenvalue weighted by atomic mass is 16.3. The first-order valence-corrected chi connectivity index (χ1v) is 15.2. The Labute approximate surface area is 262 Å². The van der Waals surface area contributed by atoms with Crippen molar-refractivity contribution in [3.63, 3.8) is 0 Å². The van der Waals surface area contributed by atoms with Crippen molar-refractivity contribution in [2.24, 2.45) is 22.9 Å². The Morgan fingerprint density at radius 3 is 2.13 bits per heavy atom. The van der Waals surface area contributed by atoms with E-state index in [1.165, 1.54) is 12.1 Å². The Hall–Kier alpha value is -4.24. The van der Waals surface area contributed by atoms with Crippen molar-refractivity contribution in [3.8, 4) is 22.6 Å². The zero-order valence-corrected chi connectivity index (χ0v) is 25.4. The molecule has 1 aliphatic rings. The van der Waals surface area contributed by atoms with E-state index in [0.29, 0.717) is 41.6 Å². The topological polar surface area (TPSA) is 261 Å². The third kappa shape index (κ3) is 10.7. The van der Waals surface area contributed by atoms with Gasteiger partial charge >= 0.3 is 0 Å². The maximum Gasteiger partial charge on any atom is 0.243 e. The lowest BCUT2D eigenvalue weighted by molar-refractivity contribution is -0.132. The number of phenols is 2. The van der Waals surface area contributed by atoms with Gasteiger partial charge in [-0.2, -0.15) is 0 Å². The minimum Gasteiger partial charge on any atom is -0.508 e. The zero-order chi connectivity index (χ0) is 32.9. The summed E-state index contributed by atoms with van der Waals surface area (Å²) in [5.41, 5.74) is 25.5. The van der Waals surface area contributed by atoms with Crippen molar-refractivity contribution < 1.29 is 29.4 Å². The largest absolute Gasteiger partial charge is 0.508 e. The van der Waals surface area contributed by atoms with Crippen LogP contribution in [0.15, 0.2) is 36.4 Å². The predicted octanol–water partition coefficient (Wildman–Crippen LogP) is -1.41. The summed E-state index contributed by atoms with van der Waals surface area (Å²) in [4.78, 5) is 52.2. The Morgan fingerprint density at radius 1 is 0.889 bits per heavy atom. The van der Waals surface area contributed by atoms with E-state index in [1.54, 1.807) is 24.3 Å². The van der Waals surface area contributed by atoms with Gasteiger partial charge in [-0.25, -0.2) is 0 Å². The summed E-state index contributed by atoms with van der Waals surface area (Å²) in [6.07, 6.45) is 1.90. The van der Waals surface area contributed by atoms with Gasteiger partial charge < -0.3 is 54.4 Å². The third-order valence-corrected chi connectivity index (χ3v) is 7.65. The summed E-state index contributed by atoms with van der Waals surface area (Å²) in [7, 11) is 0. The van der Waals surface area contributed by atoms with Crippen molar-refractivity contribution in [2.75, 3.05) is 26.2 Å². The average molecular weight is 627 g/mol. The summed E-state index contributed by atoms with van der Waals surface area (Å²) in [5, 5.41) is 31.9. The van der Waals surface area contributed by atoms with Gasteiger partial charge in [0.15, 0.2) is 0 Å². The number of rotatable bonds is 12. The second-order valence-corrected chi connectivity index (χ2v) is 11.3. The number of nitrogens with two attached hydrogens (primary N) is 4. The molecule has 246 valence electrons. The molecule has 3 rings (SSSR count). The van der Waals surface area contributed by atoms with Gasteiger partial charge in [0.1, 0.15) is 23.6 Å². The average Bonchev–Trinajstić information content (AvgIpc) is 3.02. The molecule has 4 atom stereocenters.